The number of carbonyl (C=O) groups excluding carboxylic acids is 3. The van der Waals surface area contributed by atoms with Crippen LogP contribution in [0.25, 0.3) is 0 Å². The maximum Gasteiger partial charge on any atom is 0.306 e. The molecule has 0 aliphatic rings. The van der Waals surface area contributed by atoms with Crippen molar-refractivity contribution >= 4 is 17.9 Å². The number of hydrogen-bond donors (Lipinski definition) is 0. The molecule has 6 heteroatoms. The maximum absolute atomic E-state index is 12.8. The molecule has 1 atom stereocenters. The molecule has 0 aromatic carbocycles. The van der Waals surface area contributed by atoms with E-state index in [1.54, 1.807) is 0 Å². The molecule has 0 aromatic rings. The van der Waals surface area contributed by atoms with Crippen LogP contribution in [0.3, 0.4) is 0 Å². The highest BCUT2D eigenvalue weighted by Gasteiger charge is 2.19. The van der Waals surface area contributed by atoms with Gasteiger partial charge in [-0.3, -0.25) is 14.4 Å². The van der Waals surface area contributed by atoms with Gasteiger partial charge in [-0.25, -0.2) is 0 Å². The molecule has 0 saturated carbocycles. The molecule has 0 aliphatic carbocycles. The SMILES string of the molecule is CC/C=C\C/C=C\C/C=C\C/C=C\C/C=C\C/C=C\CCCCC(=O)OCC(COC(=O)CCCCCCCCCCCCCC)OC(=O)CCCCC/C=C\C/C=C\C/C=C\CC. The first-order valence-electron chi connectivity index (χ1n) is 25.9. The Kier molecular flexibility index (Phi) is 48.5. The molecule has 1 unspecified atom stereocenters. The van der Waals surface area contributed by atoms with E-state index in [2.05, 4.69) is 130 Å². The van der Waals surface area contributed by atoms with Crippen LogP contribution in [-0.4, -0.2) is 37.2 Å². The van der Waals surface area contributed by atoms with Crippen molar-refractivity contribution in [3.8, 4) is 0 Å². The first-order chi connectivity index (χ1) is 31.5. The van der Waals surface area contributed by atoms with Crippen molar-refractivity contribution < 1.29 is 28.6 Å². The molecule has 6 nitrogen and oxygen atoms in total. The zero-order chi connectivity index (χ0) is 46.5. The summed E-state index contributed by atoms with van der Waals surface area (Å²) < 4.78 is 16.7. The Bertz CT molecular complexity index is 1340. The van der Waals surface area contributed by atoms with Gasteiger partial charge >= 0.3 is 17.9 Å². The number of esters is 3. The van der Waals surface area contributed by atoms with Crippen LogP contribution in [-0.2, 0) is 28.6 Å². The van der Waals surface area contributed by atoms with Gasteiger partial charge in [0.15, 0.2) is 6.10 Å². The minimum Gasteiger partial charge on any atom is -0.462 e. The zero-order valence-electron chi connectivity index (χ0n) is 41.3. The van der Waals surface area contributed by atoms with Gasteiger partial charge in [0, 0.05) is 19.3 Å². The van der Waals surface area contributed by atoms with E-state index in [0.29, 0.717) is 19.3 Å². The summed E-state index contributed by atoms with van der Waals surface area (Å²) in [4.78, 5) is 37.9. The molecule has 0 N–H and O–H groups in total. The van der Waals surface area contributed by atoms with Gasteiger partial charge in [0.05, 0.1) is 0 Å². The fourth-order valence-corrected chi connectivity index (χ4v) is 6.69. The molecule has 0 rings (SSSR count). The van der Waals surface area contributed by atoms with E-state index in [1.807, 2.05) is 0 Å². The van der Waals surface area contributed by atoms with Crippen LogP contribution in [0.5, 0.6) is 0 Å². The average Bonchev–Trinajstić information content (AvgIpc) is 3.29. The Hall–Kier alpha value is -3.93. The first-order valence-corrected chi connectivity index (χ1v) is 25.9. The van der Waals surface area contributed by atoms with Crippen molar-refractivity contribution in [2.24, 2.45) is 0 Å². The lowest BCUT2D eigenvalue weighted by Crippen LogP contribution is -2.30. The van der Waals surface area contributed by atoms with Gasteiger partial charge < -0.3 is 14.2 Å². The van der Waals surface area contributed by atoms with Crippen LogP contribution in [0.4, 0.5) is 0 Å². The average molecular weight is 887 g/mol. The molecule has 0 aliphatic heterocycles. The number of carbonyl (C=O) groups is 3. The molecule has 0 saturated heterocycles. The van der Waals surface area contributed by atoms with E-state index in [1.165, 1.54) is 57.8 Å². The molecule has 0 amide bonds. The Labute approximate surface area is 393 Å². The second kappa shape index (κ2) is 51.7. The Morgan fingerprint density at radius 3 is 0.984 bits per heavy atom. The molecule has 0 heterocycles. The van der Waals surface area contributed by atoms with Gasteiger partial charge in [0.2, 0.25) is 0 Å². The topological polar surface area (TPSA) is 78.9 Å². The van der Waals surface area contributed by atoms with Crippen LogP contribution in [0.15, 0.2) is 109 Å². The van der Waals surface area contributed by atoms with Crippen molar-refractivity contribution in [3.63, 3.8) is 0 Å². The summed E-state index contributed by atoms with van der Waals surface area (Å²) in [6.45, 7) is 6.33. The molecule has 0 aromatic heterocycles. The minimum atomic E-state index is -0.810. The lowest BCUT2D eigenvalue weighted by atomic mass is 10.0. The van der Waals surface area contributed by atoms with Crippen LogP contribution in [0, 0.1) is 0 Å². The van der Waals surface area contributed by atoms with Crippen LogP contribution < -0.4 is 0 Å². The van der Waals surface area contributed by atoms with Crippen molar-refractivity contribution in [1.29, 1.82) is 0 Å². The van der Waals surface area contributed by atoms with E-state index in [0.717, 1.165) is 116 Å². The van der Waals surface area contributed by atoms with Gasteiger partial charge in [0.1, 0.15) is 13.2 Å². The van der Waals surface area contributed by atoms with Crippen LogP contribution >= 0.6 is 0 Å². The Morgan fingerprint density at radius 2 is 0.609 bits per heavy atom. The first kappa shape index (κ1) is 60.1. The Morgan fingerprint density at radius 1 is 0.328 bits per heavy atom. The molecular weight excluding hydrogens is 793 g/mol. The number of ether oxygens (including phenoxy) is 3. The predicted octanol–water partition coefficient (Wildman–Crippen LogP) is 17.1. The number of hydrogen-bond acceptors (Lipinski definition) is 6. The van der Waals surface area contributed by atoms with Crippen molar-refractivity contribution in [2.75, 3.05) is 13.2 Å². The number of unbranched alkanes of at least 4 members (excludes halogenated alkanes) is 16. The largest absolute Gasteiger partial charge is 0.462 e. The summed E-state index contributed by atoms with van der Waals surface area (Å²) >= 11 is 0. The van der Waals surface area contributed by atoms with Gasteiger partial charge in [0.25, 0.3) is 0 Å². The summed E-state index contributed by atoms with van der Waals surface area (Å²) in [7, 11) is 0. The number of allylic oxidation sites excluding steroid dienone is 18. The van der Waals surface area contributed by atoms with Crippen LogP contribution in [0.1, 0.15) is 220 Å². The molecule has 0 fully saturated rings. The van der Waals surface area contributed by atoms with E-state index >= 15 is 0 Å². The van der Waals surface area contributed by atoms with Crippen LogP contribution in [0.2, 0.25) is 0 Å². The Balaban J connectivity index is 4.48. The van der Waals surface area contributed by atoms with E-state index in [-0.39, 0.29) is 37.5 Å². The third-order valence-corrected chi connectivity index (χ3v) is 10.5. The van der Waals surface area contributed by atoms with Crippen molar-refractivity contribution in [3.05, 3.63) is 109 Å². The molecule has 362 valence electrons. The normalized spacial score (nSPS) is 13.0. The third kappa shape index (κ3) is 49.1. The third-order valence-electron chi connectivity index (χ3n) is 10.5. The van der Waals surface area contributed by atoms with Crippen molar-refractivity contribution in [1.82, 2.24) is 0 Å². The summed E-state index contributed by atoms with van der Waals surface area (Å²) in [6.07, 6.45) is 69.3. The maximum atomic E-state index is 12.8. The number of rotatable bonds is 45. The molecule has 0 spiro atoms. The standard InChI is InChI=1S/C58H94O6/c1-4-7-10-13-16-19-22-25-26-27-28-29-30-31-32-34-36-39-42-45-48-51-57(60)63-54-55(53-62-56(59)50-47-44-41-38-35-24-21-18-15-12-9-6-3)64-58(61)52-49-46-43-40-37-33-23-20-17-14-11-8-5-2/h7-8,10-11,16-17,19-20,25-26,28-29,31-33,36-37,39,55H,4-6,9,12-15,18,21-24,27,30,34-35,38,40-54H2,1-3H3/b10-7-,11-8-,19-16-,20-17-,26-25-,29-28-,32-31-,37-33-,39-36-. The second-order valence-electron chi connectivity index (χ2n) is 16.7. The van der Waals surface area contributed by atoms with Gasteiger partial charge in [-0.15, -0.1) is 0 Å². The molecular formula is C58H94O6. The summed E-state index contributed by atoms with van der Waals surface area (Å²) in [6, 6.07) is 0. The lowest BCUT2D eigenvalue weighted by molar-refractivity contribution is -0.167. The second-order valence-corrected chi connectivity index (χ2v) is 16.7. The van der Waals surface area contributed by atoms with Gasteiger partial charge in [-0.2, -0.15) is 0 Å². The smallest absolute Gasteiger partial charge is 0.306 e. The van der Waals surface area contributed by atoms with Crippen molar-refractivity contribution in [2.45, 2.75) is 226 Å². The summed E-state index contributed by atoms with van der Waals surface area (Å²) in [5.74, 6) is -0.985. The quantitative estimate of drug-likeness (QED) is 0.0262. The lowest BCUT2D eigenvalue weighted by Gasteiger charge is -2.18. The zero-order valence-corrected chi connectivity index (χ0v) is 41.3. The fourth-order valence-electron chi connectivity index (χ4n) is 6.69. The van der Waals surface area contributed by atoms with E-state index < -0.39 is 6.10 Å². The summed E-state index contributed by atoms with van der Waals surface area (Å²) in [5, 5.41) is 0. The minimum absolute atomic E-state index is 0.104. The monoisotopic (exact) mass is 887 g/mol. The van der Waals surface area contributed by atoms with Gasteiger partial charge in [-0.05, 0) is 103 Å². The molecule has 64 heavy (non-hydrogen) atoms. The fraction of sp³-hybridized carbons (Fsp3) is 0.638. The highest BCUT2D eigenvalue weighted by atomic mass is 16.6. The predicted molar refractivity (Wildman–Crippen MR) is 274 cm³/mol. The van der Waals surface area contributed by atoms with Gasteiger partial charge in [-0.1, -0.05) is 207 Å². The highest BCUT2D eigenvalue weighted by molar-refractivity contribution is 5.71. The molecule has 0 bridgehead atoms. The summed E-state index contributed by atoms with van der Waals surface area (Å²) in [5.41, 5.74) is 0. The highest BCUT2D eigenvalue weighted by Crippen LogP contribution is 2.14. The van der Waals surface area contributed by atoms with E-state index in [9.17, 15) is 14.4 Å². The van der Waals surface area contributed by atoms with E-state index in [4.69, 9.17) is 14.2 Å². The molecule has 0 radical (unpaired) electrons.